The molecule has 0 amide bonds. The Bertz CT molecular complexity index is 1140. The third-order valence-electron chi connectivity index (χ3n) is 5.07. The summed E-state index contributed by atoms with van der Waals surface area (Å²) in [6.07, 6.45) is 5.67. The Morgan fingerprint density at radius 3 is 2.43 bits per heavy atom. The molecule has 28 heavy (non-hydrogen) atoms. The fraction of sp³-hybridized carbons (Fsp3) is 0.389. The van der Waals surface area contributed by atoms with Crippen LogP contribution in [0.25, 0.3) is 11.2 Å². The Hall–Kier alpha value is -2.81. The monoisotopic (exact) mass is 404 g/mol. The number of piperidine rings is 1. The minimum absolute atomic E-state index is 0.208. The van der Waals surface area contributed by atoms with Crippen LogP contribution in [0.4, 0.5) is 10.3 Å². The van der Waals surface area contributed by atoms with Crippen molar-refractivity contribution in [1.29, 1.82) is 0 Å². The third kappa shape index (κ3) is 3.15. The van der Waals surface area contributed by atoms with Gasteiger partial charge in [0.15, 0.2) is 5.65 Å². The molecule has 4 heterocycles. The summed E-state index contributed by atoms with van der Waals surface area (Å²) in [6, 6.07) is 1.02. The van der Waals surface area contributed by atoms with Gasteiger partial charge in [0.25, 0.3) is 0 Å². The predicted octanol–water partition coefficient (Wildman–Crippen LogP) is 1.60. The summed E-state index contributed by atoms with van der Waals surface area (Å²) in [5.74, 6) is 0.406. The molecule has 4 rings (SSSR count). The molecular weight excluding hydrogens is 387 g/mol. The quantitative estimate of drug-likeness (QED) is 0.487. The van der Waals surface area contributed by atoms with Crippen LogP contribution in [0.15, 0.2) is 34.2 Å². The molecule has 8 nitrogen and oxygen atoms in total. The Morgan fingerprint density at radius 2 is 1.79 bits per heavy atom. The number of fused-ring (bicyclic) bond motifs is 1. The minimum atomic E-state index is -0.692. The van der Waals surface area contributed by atoms with Gasteiger partial charge in [0.1, 0.15) is 5.82 Å². The Kier molecular flexibility index (Phi) is 4.84. The highest BCUT2D eigenvalue weighted by molar-refractivity contribution is 6.17. The highest BCUT2D eigenvalue weighted by atomic mass is 35.5. The number of pyridine rings is 1. The van der Waals surface area contributed by atoms with E-state index in [1.165, 1.54) is 17.7 Å². The van der Waals surface area contributed by atoms with Crippen LogP contribution in [0, 0.1) is 5.82 Å². The number of nitrogens with zero attached hydrogens (tertiary/aromatic N) is 6. The van der Waals surface area contributed by atoms with E-state index in [0.29, 0.717) is 48.9 Å². The van der Waals surface area contributed by atoms with E-state index < -0.39 is 16.9 Å². The van der Waals surface area contributed by atoms with E-state index in [1.807, 2.05) is 4.90 Å². The smallest absolute Gasteiger partial charge is 0.318 e. The van der Waals surface area contributed by atoms with Crippen molar-refractivity contribution in [1.82, 2.24) is 24.1 Å². The van der Waals surface area contributed by atoms with E-state index in [1.54, 1.807) is 12.4 Å². The number of anilines is 1. The molecule has 0 unspecified atom stereocenters. The molecule has 3 aromatic heterocycles. The second-order valence-electron chi connectivity index (χ2n) is 6.78. The van der Waals surface area contributed by atoms with E-state index in [2.05, 4.69) is 15.0 Å². The van der Waals surface area contributed by atoms with E-state index in [-0.39, 0.29) is 6.04 Å². The number of hydrogen-bond donors (Lipinski definition) is 0. The van der Waals surface area contributed by atoms with E-state index >= 15 is 0 Å². The lowest BCUT2D eigenvalue weighted by Gasteiger charge is -2.33. The summed E-state index contributed by atoms with van der Waals surface area (Å²) < 4.78 is 16.2. The highest BCUT2D eigenvalue weighted by Crippen LogP contribution is 2.25. The van der Waals surface area contributed by atoms with Crippen molar-refractivity contribution < 1.29 is 4.39 Å². The van der Waals surface area contributed by atoms with Crippen molar-refractivity contribution in [2.75, 3.05) is 18.0 Å². The highest BCUT2D eigenvalue weighted by Gasteiger charge is 2.26. The van der Waals surface area contributed by atoms with Gasteiger partial charge in [-0.05, 0) is 12.8 Å². The molecule has 3 aromatic rings. The zero-order valence-electron chi connectivity index (χ0n) is 15.2. The minimum Gasteiger partial charge on any atom is -0.341 e. The molecule has 1 aliphatic heterocycles. The van der Waals surface area contributed by atoms with Gasteiger partial charge in [0.05, 0.1) is 17.6 Å². The average molecular weight is 405 g/mol. The summed E-state index contributed by atoms with van der Waals surface area (Å²) in [6.45, 7) is 1.24. The lowest BCUT2D eigenvalue weighted by Crippen LogP contribution is -2.45. The summed E-state index contributed by atoms with van der Waals surface area (Å²) >= 11 is 5.77. The molecular formula is C18H18ClFN6O2. The SMILES string of the molecule is Cn1c(=O)c(=O)n(C2CCN(c3ncc(CCl)cn3)CC2)c2ncc(F)cc21. The molecule has 10 heteroatoms. The van der Waals surface area contributed by atoms with Gasteiger partial charge in [0, 0.05) is 50.2 Å². The normalized spacial score (nSPS) is 15.3. The van der Waals surface area contributed by atoms with Gasteiger partial charge in [-0.3, -0.25) is 14.2 Å². The van der Waals surface area contributed by atoms with Gasteiger partial charge in [-0.1, -0.05) is 0 Å². The van der Waals surface area contributed by atoms with Gasteiger partial charge in [-0.2, -0.15) is 0 Å². The van der Waals surface area contributed by atoms with Crippen molar-refractivity contribution >= 4 is 28.7 Å². The first-order valence-electron chi connectivity index (χ1n) is 8.88. The zero-order valence-corrected chi connectivity index (χ0v) is 15.9. The maximum atomic E-state index is 13.6. The lowest BCUT2D eigenvalue weighted by atomic mass is 10.0. The Balaban J connectivity index is 1.65. The summed E-state index contributed by atoms with van der Waals surface area (Å²) in [5, 5.41) is 0. The average Bonchev–Trinajstić information content (AvgIpc) is 2.73. The van der Waals surface area contributed by atoms with Crippen LogP contribution >= 0.6 is 11.6 Å². The van der Waals surface area contributed by atoms with Crippen molar-refractivity contribution in [3.8, 4) is 0 Å². The molecule has 0 saturated carbocycles. The third-order valence-corrected chi connectivity index (χ3v) is 5.38. The van der Waals surface area contributed by atoms with E-state index in [9.17, 15) is 14.0 Å². The van der Waals surface area contributed by atoms with Crippen LogP contribution in [-0.2, 0) is 12.9 Å². The molecule has 0 atom stereocenters. The second kappa shape index (κ2) is 7.31. The molecule has 0 spiro atoms. The summed E-state index contributed by atoms with van der Waals surface area (Å²) in [4.78, 5) is 39.8. The molecule has 0 aliphatic carbocycles. The predicted molar refractivity (Wildman–Crippen MR) is 103 cm³/mol. The van der Waals surface area contributed by atoms with Crippen LogP contribution in [0.3, 0.4) is 0 Å². The van der Waals surface area contributed by atoms with Crippen molar-refractivity contribution in [3.63, 3.8) is 0 Å². The first-order chi connectivity index (χ1) is 13.5. The summed E-state index contributed by atoms with van der Waals surface area (Å²) in [7, 11) is 1.45. The van der Waals surface area contributed by atoms with Gasteiger partial charge in [-0.15, -0.1) is 11.6 Å². The van der Waals surface area contributed by atoms with Crippen LogP contribution < -0.4 is 16.0 Å². The molecule has 0 aromatic carbocycles. The molecule has 1 fully saturated rings. The largest absolute Gasteiger partial charge is 0.341 e. The number of hydrogen-bond acceptors (Lipinski definition) is 6. The topological polar surface area (TPSA) is 85.9 Å². The molecule has 0 N–H and O–H groups in total. The van der Waals surface area contributed by atoms with Gasteiger partial charge >= 0.3 is 11.1 Å². The molecule has 1 saturated heterocycles. The molecule has 146 valence electrons. The van der Waals surface area contributed by atoms with Crippen molar-refractivity contribution in [3.05, 3.63) is 56.7 Å². The van der Waals surface area contributed by atoms with Crippen LogP contribution in [0.1, 0.15) is 24.4 Å². The fourth-order valence-corrected chi connectivity index (χ4v) is 3.69. The number of alkyl halides is 1. The number of halogens is 2. The summed E-state index contributed by atoms with van der Waals surface area (Å²) in [5.41, 5.74) is 0.121. The number of rotatable bonds is 3. The first kappa shape index (κ1) is 18.5. The lowest BCUT2D eigenvalue weighted by molar-refractivity contribution is 0.389. The van der Waals surface area contributed by atoms with Crippen LogP contribution in [0.2, 0.25) is 0 Å². The van der Waals surface area contributed by atoms with E-state index in [0.717, 1.165) is 16.3 Å². The first-order valence-corrected chi connectivity index (χ1v) is 9.41. The van der Waals surface area contributed by atoms with Crippen molar-refractivity contribution in [2.24, 2.45) is 7.05 Å². The molecule has 1 aliphatic rings. The van der Waals surface area contributed by atoms with Crippen LogP contribution in [-0.4, -0.2) is 37.2 Å². The van der Waals surface area contributed by atoms with Crippen LogP contribution in [0.5, 0.6) is 0 Å². The molecule has 0 radical (unpaired) electrons. The fourth-order valence-electron chi connectivity index (χ4n) is 3.55. The van der Waals surface area contributed by atoms with Gasteiger partial charge in [0.2, 0.25) is 5.95 Å². The Labute approximate surface area is 164 Å². The second-order valence-corrected chi connectivity index (χ2v) is 7.05. The maximum absolute atomic E-state index is 13.6. The van der Waals surface area contributed by atoms with Gasteiger partial charge < -0.3 is 9.47 Å². The standard InChI is InChI=1S/C18H18ClFN6O2/c1-24-14-6-12(20)10-21-15(14)26(17(28)16(24)27)13-2-4-25(5-3-13)18-22-8-11(7-19)9-23-18/h6,8-10,13H,2-5,7H2,1H3. The zero-order chi connectivity index (χ0) is 19.8. The van der Waals surface area contributed by atoms with Crippen molar-refractivity contribution in [2.45, 2.75) is 24.8 Å². The van der Waals surface area contributed by atoms with E-state index in [4.69, 9.17) is 11.6 Å². The van der Waals surface area contributed by atoms with Gasteiger partial charge in [-0.25, -0.2) is 19.3 Å². The number of aryl methyl sites for hydroxylation is 1. The maximum Gasteiger partial charge on any atom is 0.318 e. The molecule has 0 bridgehead atoms. The number of aromatic nitrogens is 5. The Morgan fingerprint density at radius 1 is 1.11 bits per heavy atom.